The average molecular weight is 389 g/mol. The van der Waals surface area contributed by atoms with Crippen molar-refractivity contribution in [3.8, 4) is 0 Å². The molecule has 0 fully saturated rings. The number of halogens is 1. The van der Waals surface area contributed by atoms with E-state index in [1.54, 1.807) is 0 Å². The Bertz CT molecular complexity index is 1110. The monoisotopic (exact) mass is 388 g/mol. The third-order valence-corrected chi connectivity index (χ3v) is 4.92. The molecule has 0 atom stereocenters. The molecule has 138 valence electrons. The lowest BCUT2D eigenvalue weighted by Gasteiger charge is -2.23. The molecule has 1 aromatic heterocycles. The first-order valence-corrected chi connectivity index (χ1v) is 9.23. The fourth-order valence-corrected chi connectivity index (χ4v) is 3.70. The summed E-state index contributed by atoms with van der Waals surface area (Å²) in [6, 6.07) is 27.7. The lowest BCUT2D eigenvalue weighted by molar-refractivity contribution is -0.401. The highest BCUT2D eigenvalue weighted by molar-refractivity contribution is 6.31. The van der Waals surface area contributed by atoms with Crippen LogP contribution in [0.15, 0.2) is 91.1 Å². The molecule has 0 saturated carbocycles. The van der Waals surface area contributed by atoms with Crippen molar-refractivity contribution in [2.45, 2.75) is 6.04 Å². The highest BCUT2D eigenvalue weighted by Crippen LogP contribution is 2.34. The fourth-order valence-electron chi connectivity index (χ4n) is 3.53. The van der Waals surface area contributed by atoms with Crippen molar-refractivity contribution in [2.24, 2.45) is 0 Å². The molecule has 0 bridgehead atoms. The zero-order chi connectivity index (χ0) is 19.5. The number of rotatable bonds is 5. The maximum absolute atomic E-state index is 11.0. The quantitative estimate of drug-likeness (QED) is 0.302. The van der Waals surface area contributed by atoms with Crippen LogP contribution in [0.2, 0.25) is 5.02 Å². The molecule has 0 aliphatic heterocycles. The Labute approximate surface area is 167 Å². The Morgan fingerprint density at radius 3 is 2.07 bits per heavy atom. The summed E-state index contributed by atoms with van der Waals surface area (Å²) in [5.74, 6) is 0. The molecule has 0 N–H and O–H groups in total. The predicted octanol–water partition coefficient (Wildman–Crippen LogP) is 6.18. The average Bonchev–Trinajstić information content (AvgIpc) is 3.06. The molecule has 1 heterocycles. The van der Waals surface area contributed by atoms with Crippen molar-refractivity contribution >= 4 is 28.6 Å². The lowest BCUT2D eigenvalue weighted by Crippen LogP contribution is -2.13. The molecule has 0 aliphatic rings. The first-order chi connectivity index (χ1) is 13.6. The lowest BCUT2D eigenvalue weighted by atomic mass is 9.98. The van der Waals surface area contributed by atoms with Gasteiger partial charge in [-0.15, -0.1) is 0 Å². The first kappa shape index (κ1) is 18.0. The van der Waals surface area contributed by atoms with Crippen molar-refractivity contribution in [3.05, 3.63) is 123 Å². The van der Waals surface area contributed by atoms with Gasteiger partial charge in [0.15, 0.2) is 0 Å². The minimum atomic E-state index is -0.449. The second-order valence-electron chi connectivity index (χ2n) is 6.47. The van der Waals surface area contributed by atoms with Crippen LogP contribution in [-0.2, 0) is 0 Å². The molecule has 4 rings (SSSR count). The van der Waals surface area contributed by atoms with Gasteiger partial charge in [-0.1, -0.05) is 78.3 Å². The summed E-state index contributed by atoms with van der Waals surface area (Å²) >= 11 is 6.28. The Hall–Kier alpha value is -3.37. The highest BCUT2D eigenvalue weighted by Gasteiger charge is 2.21. The SMILES string of the molecule is O=[N+]([O-])C=Cc1cc2ccc(Cl)cc2n1C(c1ccccc1)c1ccccc1. The third-order valence-electron chi connectivity index (χ3n) is 4.69. The summed E-state index contributed by atoms with van der Waals surface area (Å²) in [7, 11) is 0. The molecule has 0 saturated heterocycles. The van der Waals surface area contributed by atoms with E-state index >= 15 is 0 Å². The molecule has 5 heteroatoms. The van der Waals surface area contributed by atoms with Gasteiger partial charge in [-0.3, -0.25) is 10.1 Å². The van der Waals surface area contributed by atoms with Crippen molar-refractivity contribution in [3.63, 3.8) is 0 Å². The van der Waals surface area contributed by atoms with E-state index in [2.05, 4.69) is 28.8 Å². The van der Waals surface area contributed by atoms with Gasteiger partial charge >= 0.3 is 0 Å². The maximum atomic E-state index is 11.0. The van der Waals surface area contributed by atoms with Crippen LogP contribution in [0.1, 0.15) is 22.9 Å². The number of hydrogen-bond donors (Lipinski definition) is 0. The fraction of sp³-hybridized carbons (Fsp3) is 0.0435. The van der Waals surface area contributed by atoms with Crippen LogP contribution in [0.3, 0.4) is 0 Å². The Kier molecular flexibility index (Phi) is 4.96. The summed E-state index contributed by atoms with van der Waals surface area (Å²) in [6.07, 6.45) is 2.51. The second-order valence-corrected chi connectivity index (χ2v) is 6.90. The number of aromatic nitrogens is 1. The van der Waals surface area contributed by atoms with Gasteiger partial charge in [-0.2, -0.15) is 0 Å². The number of hydrogen-bond acceptors (Lipinski definition) is 2. The zero-order valence-corrected chi connectivity index (χ0v) is 15.7. The maximum Gasteiger partial charge on any atom is 0.236 e. The van der Waals surface area contributed by atoms with Crippen LogP contribution in [0.25, 0.3) is 17.0 Å². The van der Waals surface area contributed by atoms with E-state index < -0.39 is 4.92 Å². The third kappa shape index (κ3) is 3.55. The van der Waals surface area contributed by atoms with Gasteiger partial charge in [-0.25, -0.2) is 0 Å². The normalized spacial score (nSPS) is 11.5. The molecule has 0 amide bonds. The Balaban J connectivity index is 2.03. The van der Waals surface area contributed by atoms with Crippen molar-refractivity contribution < 1.29 is 4.92 Å². The van der Waals surface area contributed by atoms with Gasteiger partial charge in [0.1, 0.15) is 0 Å². The number of fused-ring (bicyclic) bond motifs is 1. The molecule has 4 nitrogen and oxygen atoms in total. The van der Waals surface area contributed by atoms with Crippen LogP contribution in [0.5, 0.6) is 0 Å². The van der Waals surface area contributed by atoms with E-state index in [9.17, 15) is 10.1 Å². The van der Waals surface area contributed by atoms with E-state index in [4.69, 9.17) is 11.6 Å². The molecule has 0 spiro atoms. The summed E-state index contributed by atoms with van der Waals surface area (Å²) in [6.45, 7) is 0. The van der Waals surface area contributed by atoms with Crippen molar-refractivity contribution in [1.29, 1.82) is 0 Å². The van der Waals surface area contributed by atoms with Crippen LogP contribution in [-0.4, -0.2) is 9.49 Å². The second kappa shape index (κ2) is 7.71. The summed E-state index contributed by atoms with van der Waals surface area (Å²) in [4.78, 5) is 10.5. The predicted molar refractivity (Wildman–Crippen MR) is 113 cm³/mol. The Morgan fingerprint density at radius 2 is 1.50 bits per heavy atom. The molecule has 0 radical (unpaired) electrons. The van der Waals surface area contributed by atoms with Crippen LogP contribution in [0.4, 0.5) is 0 Å². The van der Waals surface area contributed by atoms with Gasteiger partial charge in [0, 0.05) is 22.2 Å². The highest BCUT2D eigenvalue weighted by atomic mass is 35.5. The van der Waals surface area contributed by atoms with Gasteiger partial charge in [0.25, 0.3) is 0 Å². The van der Waals surface area contributed by atoms with Gasteiger partial charge in [0.05, 0.1) is 16.5 Å². The summed E-state index contributed by atoms with van der Waals surface area (Å²) in [5, 5.41) is 12.5. The summed E-state index contributed by atoms with van der Waals surface area (Å²) < 4.78 is 2.10. The summed E-state index contributed by atoms with van der Waals surface area (Å²) in [5.41, 5.74) is 3.84. The number of nitro groups is 1. The zero-order valence-electron chi connectivity index (χ0n) is 14.9. The van der Waals surface area contributed by atoms with Crippen molar-refractivity contribution in [2.75, 3.05) is 0 Å². The van der Waals surface area contributed by atoms with E-state index in [-0.39, 0.29) is 6.04 Å². The minimum Gasteiger partial charge on any atom is -0.329 e. The molecular formula is C23H17ClN2O2. The topological polar surface area (TPSA) is 48.1 Å². The molecular weight excluding hydrogens is 372 g/mol. The molecule has 0 aliphatic carbocycles. The number of nitrogens with zero attached hydrogens (tertiary/aromatic N) is 2. The van der Waals surface area contributed by atoms with Gasteiger partial charge in [0.2, 0.25) is 6.20 Å². The van der Waals surface area contributed by atoms with E-state index in [0.717, 1.165) is 33.9 Å². The van der Waals surface area contributed by atoms with E-state index in [0.29, 0.717) is 5.02 Å². The van der Waals surface area contributed by atoms with Crippen LogP contribution >= 0.6 is 11.6 Å². The number of benzene rings is 3. The van der Waals surface area contributed by atoms with Crippen LogP contribution < -0.4 is 0 Å². The molecule has 28 heavy (non-hydrogen) atoms. The molecule has 4 aromatic rings. The smallest absolute Gasteiger partial charge is 0.236 e. The van der Waals surface area contributed by atoms with Gasteiger partial charge in [-0.05, 0) is 29.3 Å². The van der Waals surface area contributed by atoms with E-state index in [1.165, 1.54) is 6.08 Å². The minimum absolute atomic E-state index is 0.148. The van der Waals surface area contributed by atoms with Gasteiger partial charge < -0.3 is 4.57 Å². The van der Waals surface area contributed by atoms with Crippen LogP contribution in [0, 0.1) is 10.1 Å². The van der Waals surface area contributed by atoms with Crippen molar-refractivity contribution in [1.82, 2.24) is 4.57 Å². The van der Waals surface area contributed by atoms with E-state index in [1.807, 2.05) is 60.7 Å². The first-order valence-electron chi connectivity index (χ1n) is 8.85. The molecule has 0 unspecified atom stereocenters. The largest absolute Gasteiger partial charge is 0.329 e. The Morgan fingerprint density at radius 1 is 0.893 bits per heavy atom. The standard InChI is InChI=1S/C23H17ClN2O2/c24-20-12-11-19-15-21(13-14-25(27)28)26(22(19)16-20)23(17-7-3-1-4-8-17)18-9-5-2-6-10-18/h1-16,23H. The molecule has 3 aromatic carbocycles.